The first kappa shape index (κ1) is 8.97. The van der Waals surface area contributed by atoms with E-state index in [4.69, 9.17) is 5.73 Å². The van der Waals surface area contributed by atoms with Gasteiger partial charge < -0.3 is 10.6 Å². The lowest BCUT2D eigenvalue weighted by atomic mass is 10.1. The van der Waals surface area contributed by atoms with Crippen LogP contribution in [0.4, 0.5) is 0 Å². The Hall–Kier alpha value is -0.120. The first-order chi connectivity index (χ1) is 5.33. The van der Waals surface area contributed by atoms with Crippen LogP contribution in [-0.4, -0.2) is 44.7 Å². The second-order valence-corrected chi connectivity index (χ2v) is 3.34. The first-order valence-electron chi connectivity index (χ1n) is 4.35. The molecular formula is C8H18N3. The molecule has 0 spiro atoms. The van der Waals surface area contributed by atoms with Gasteiger partial charge in [-0.3, -0.25) is 0 Å². The fourth-order valence-corrected chi connectivity index (χ4v) is 1.52. The highest BCUT2D eigenvalue weighted by Gasteiger charge is 2.14. The Morgan fingerprint density at radius 3 is 3.18 bits per heavy atom. The number of rotatable bonds is 2. The zero-order chi connectivity index (χ0) is 8.10. The van der Waals surface area contributed by atoms with Gasteiger partial charge in [0.15, 0.2) is 0 Å². The van der Waals surface area contributed by atoms with Crippen molar-refractivity contribution in [3.8, 4) is 0 Å². The standard InChI is InChI=1S/C8H18N3/c1-11-5-4-10-6-8(7-11)2-3-9/h8H,2-7,9H2,1H3. The molecule has 0 aliphatic carbocycles. The van der Waals surface area contributed by atoms with E-state index in [1.54, 1.807) is 0 Å². The molecule has 3 nitrogen and oxygen atoms in total. The minimum absolute atomic E-state index is 0.701. The number of nitrogens with two attached hydrogens (primary N) is 1. The lowest BCUT2D eigenvalue weighted by Gasteiger charge is -2.17. The predicted octanol–water partition coefficient (Wildman–Crippen LogP) is -0.499. The molecule has 1 radical (unpaired) electrons. The van der Waals surface area contributed by atoms with Gasteiger partial charge in [-0.1, -0.05) is 0 Å². The smallest absolute Gasteiger partial charge is 0.0261 e. The quantitative estimate of drug-likeness (QED) is 0.586. The van der Waals surface area contributed by atoms with Crippen molar-refractivity contribution >= 4 is 0 Å². The molecule has 1 aliphatic rings. The van der Waals surface area contributed by atoms with Crippen LogP contribution in [0.1, 0.15) is 6.42 Å². The average molecular weight is 156 g/mol. The molecule has 1 fully saturated rings. The molecular weight excluding hydrogens is 138 g/mol. The van der Waals surface area contributed by atoms with Crippen LogP contribution in [-0.2, 0) is 0 Å². The van der Waals surface area contributed by atoms with Gasteiger partial charge in [0.05, 0.1) is 0 Å². The van der Waals surface area contributed by atoms with Gasteiger partial charge in [-0.15, -0.1) is 0 Å². The Kier molecular flexibility index (Phi) is 3.83. The highest BCUT2D eigenvalue weighted by atomic mass is 15.1. The van der Waals surface area contributed by atoms with Gasteiger partial charge in [0.25, 0.3) is 0 Å². The maximum Gasteiger partial charge on any atom is 0.0261 e. The van der Waals surface area contributed by atoms with Crippen molar-refractivity contribution in [2.24, 2.45) is 11.7 Å². The van der Waals surface area contributed by atoms with Crippen LogP contribution in [0.3, 0.4) is 0 Å². The minimum Gasteiger partial charge on any atom is -0.330 e. The highest BCUT2D eigenvalue weighted by molar-refractivity contribution is 4.71. The normalized spacial score (nSPS) is 28.4. The fraction of sp³-hybridized carbons (Fsp3) is 1.00. The molecule has 3 heteroatoms. The Balaban J connectivity index is 2.27. The highest BCUT2D eigenvalue weighted by Crippen LogP contribution is 2.05. The van der Waals surface area contributed by atoms with Crippen LogP contribution >= 0.6 is 0 Å². The molecule has 0 aromatic heterocycles. The third-order valence-electron chi connectivity index (χ3n) is 2.17. The zero-order valence-corrected chi connectivity index (χ0v) is 7.29. The third kappa shape index (κ3) is 3.18. The van der Waals surface area contributed by atoms with Gasteiger partial charge in [-0.2, -0.15) is 0 Å². The van der Waals surface area contributed by atoms with Gasteiger partial charge in [-0.25, -0.2) is 5.32 Å². The molecule has 1 aliphatic heterocycles. The van der Waals surface area contributed by atoms with Gasteiger partial charge in [0.1, 0.15) is 0 Å². The largest absolute Gasteiger partial charge is 0.330 e. The molecule has 65 valence electrons. The summed E-state index contributed by atoms with van der Waals surface area (Å²) >= 11 is 0. The number of hydrogen-bond acceptors (Lipinski definition) is 2. The van der Waals surface area contributed by atoms with E-state index < -0.39 is 0 Å². The second kappa shape index (κ2) is 4.70. The lowest BCUT2D eigenvalue weighted by Crippen LogP contribution is -2.27. The molecule has 0 aromatic rings. The van der Waals surface area contributed by atoms with Crippen LogP contribution in [0.2, 0.25) is 0 Å². The summed E-state index contributed by atoms with van der Waals surface area (Å²) in [7, 11) is 2.16. The summed E-state index contributed by atoms with van der Waals surface area (Å²) in [5, 5.41) is 4.42. The average Bonchev–Trinajstić information content (AvgIpc) is 2.15. The molecule has 0 amide bonds. The molecule has 0 saturated carbocycles. The molecule has 0 aromatic carbocycles. The van der Waals surface area contributed by atoms with E-state index in [2.05, 4.69) is 17.3 Å². The summed E-state index contributed by atoms with van der Waals surface area (Å²) in [6.07, 6.45) is 1.12. The van der Waals surface area contributed by atoms with E-state index in [9.17, 15) is 0 Å². The van der Waals surface area contributed by atoms with E-state index in [1.165, 1.54) is 6.54 Å². The molecule has 2 N–H and O–H groups in total. The maximum atomic E-state index is 5.50. The fourth-order valence-electron chi connectivity index (χ4n) is 1.52. The minimum atomic E-state index is 0.701. The molecule has 11 heavy (non-hydrogen) atoms. The Labute approximate surface area is 68.9 Å². The van der Waals surface area contributed by atoms with Crippen LogP contribution in [0.25, 0.3) is 0 Å². The number of likely N-dealkylation sites (N-methyl/N-ethyl adjacent to an activating group) is 1. The lowest BCUT2D eigenvalue weighted by molar-refractivity contribution is 0.303. The van der Waals surface area contributed by atoms with E-state index >= 15 is 0 Å². The molecule has 1 unspecified atom stereocenters. The Bertz CT molecular complexity index is 106. The number of hydrogen-bond donors (Lipinski definition) is 1. The van der Waals surface area contributed by atoms with Crippen molar-refractivity contribution in [2.75, 3.05) is 39.8 Å². The van der Waals surface area contributed by atoms with E-state index in [0.717, 1.165) is 32.6 Å². The predicted molar refractivity (Wildman–Crippen MR) is 46.5 cm³/mol. The summed E-state index contributed by atoms with van der Waals surface area (Å²) in [6, 6.07) is 0. The van der Waals surface area contributed by atoms with E-state index in [0.29, 0.717) is 5.92 Å². The second-order valence-electron chi connectivity index (χ2n) is 3.34. The third-order valence-corrected chi connectivity index (χ3v) is 2.17. The van der Waals surface area contributed by atoms with Crippen molar-refractivity contribution in [3.05, 3.63) is 0 Å². The number of nitrogens with zero attached hydrogens (tertiary/aromatic N) is 2. The van der Waals surface area contributed by atoms with Gasteiger partial charge in [-0.05, 0) is 25.9 Å². The maximum absolute atomic E-state index is 5.50. The van der Waals surface area contributed by atoms with Crippen LogP contribution in [0.5, 0.6) is 0 Å². The van der Waals surface area contributed by atoms with Crippen LogP contribution in [0.15, 0.2) is 0 Å². The van der Waals surface area contributed by atoms with Gasteiger partial charge in [0.2, 0.25) is 0 Å². The Morgan fingerprint density at radius 2 is 2.45 bits per heavy atom. The molecule has 1 saturated heterocycles. The monoisotopic (exact) mass is 156 g/mol. The van der Waals surface area contributed by atoms with Gasteiger partial charge in [0, 0.05) is 26.2 Å². The molecule has 1 atom stereocenters. The van der Waals surface area contributed by atoms with Crippen LogP contribution in [0, 0.1) is 5.92 Å². The molecule has 1 rings (SSSR count). The van der Waals surface area contributed by atoms with Crippen molar-refractivity contribution in [2.45, 2.75) is 6.42 Å². The Morgan fingerprint density at radius 1 is 1.64 bits per heavy atom. The van der Waals surface area contributed by atoms with Crippen molar-refractivity contribution < 1.29 is 0 Å². The summed E-state index contributed by atoms with van der Waals surface area (Å²) < 4.78 is 0. The van der Waals surface area contributed by atoms with Crippen molar-refractivity contribution in [1.82, 2.24) is 10.2 Å². The van der Waals surface area contributed by atoms with Gasteiger partial charge >= 0.3 is 0 Å². The molecule has 0 bridgehead atoms. The summed E-state index contributed by atoms with van der Waals surface area (Å²) in [5.74, 6) is 0.701. The van der Waals surface area contributed by atoms with E-state index in [1.807, 2.05) is 0 Å². The van der Waals surface area contributed by atoms with Crippen LogP contribution < -0.4 is 11.1 Å². The summed E-state index contributed by atoms with van der Waals surface area (Å²) in [5.41, 5.74) is 5.50. The summed E-state index contributed by atoms with van der Waals surface area (Å²) in [6.45, 7) is 5.09. The topological polar surface area (TPSA) is 43.4 Å². The van der Waals surface area contributed by atoms with Crippen molar-refractivity contribution in [1.29, 1.82) is 0 Å². The molecule has 1 heterocycles. The van der Waals surface area contributed by atoms with E-state index in [-0.39, 0.29) is 0 Å². The van der Waals surface area contributed by atoms with Crippen molar-refractivity contribution in [3.63, 3.8) is 0 Å². The summed E-state index contributed by atoms with van der Waals surface area (Å²) in [4.78, 5) is 2.34. The SMILES string of the molecule is CN1CC[N]CC(CCN)C1. The first-order valence-corrected chi connectivity index (χ1v) is 4.35. The zero-order valence-electron chi connectivity index (χ0n) is 7.29.